The van der Waals surface area contributed by atoms with Gasteiger partial charge in [0.1, 0.15) is 11.2 Å². The van der Waals surface area contributed by atoms with E-state index in [2.05, 4.69) is 20.3 Å². The maximum atomic E-state index is 12.8. The van der Waals surface area contributed by atoms with E-state index in [9.17, 15) is 9.59 Å². The largest absolute Gasteiger partial charge is 0.351 e. The first-order valence-corrected chi connectivity index (χ1v) is 8.36. The number of H-pyrrole nitrogens is 1. The first kappa shape index (κ1) is 16.2. The highest BCUT2D eigenvalue weighted by Crippen LogP contribution is 2.17. The third-order valence-electron chi connectivity index (χ3n) is 4.53. The SMILES string of the molecule is Cc1cc(C(=O)N2CCN(C(=O)c3ccc4[nH]ncc4n3)[C@@H](C)C2)on1. The Kier molecular flexibility index (Phi) is 3.90. The standard InChI is InChI=1S/C17H18N6O3/c1-10-7-15(26-21-10)17(25)22-5-6-23(11(2)9-22)16(24)13-4-3-12-14(19-13)8-18-20-12/h3-4,7-8,11H,5-6,9H2,1-2H3,(H,18,20)/t11-/m0/s1. The number of aryl methyl sites for hydroxylation is 1. The molecule has 2 amide bonds. The molecule has 26 heavy (non-hydrogen) atoms. The highest BCUT2D eigenvalue weighted by Gasteiger charge is 2.32. The van der Waals surface area contributed by atoms with Crippen LogP contribution in [0.3, 0.4) is 0 Å². The van der Waals surface area contributed by atoms with Gasteiger partial charge < -0.3 is 14.3 Å². The molecule has 0 spiro atoms. The molecule has 4 rings (SSSR count). The van der Waals surface area contributed by atoms with Crippen LogP contribution in [0.1, 0.15) is 33.7 Å². The normalized spacial score (nSPS) is 17.7. The average molecular weight is 354 g/mol. The quantitative estimate of drug-likeness (QED) is 0.742. The summed E-state index contributed by atoms with van der Waals surface area (Å²) in [7, 11) is 0. The summed E-state index contributed by atoms with van der Waals surface area (Å²) in [6.45, 7) is 4.98. The first-order chi connectivity index (χ1) is 12.5. The summed E-state index contributed by atoms with van der Waals surface area (Å²) in [6, 6.07) is 4.96. The van der Waals surface area contributed by atoms with Gasteiger partial charge in [0.05, 0.1) is 17.4 Å². The van der Waals surface area contributed by atoms with Crippen molar-refractivity contribution in [1.82, 2.24) is 30.1 Å². The molecule has 0 bridgehead atoms. The second kappa shape index (κ2) is 6.25. The fraction of sp³-hybridized carbons (Fsp3) is 0.353. The Morgan fingerprint density at radius 3 is 2.85 bits per heavy atom. The van der Waals surface area contributed by atoms with Crippen LogP contribution in [0, 0.1) is 6.92 Å². The predicted octanol–water partition coefficient (Wildman–Crippen LogP) is 1.24. The van der Waals surface area contributed by atoms with E-state index in [1.54, 1.807) is 41.1 Å². The molecule has 9 heteroatoms. The lowest BCUT2D eigenvalue weighted by atomic mass is 10.1. The number of carbonyl (C=O) groups is 2. The van der Waals surface area contributed by atoms with Gasteiger partial charge >= 0.3 is 0 Å². The van der Waals surface area contributed by atoms with Crippen LogP contribution in [0.5, 0.6) is 0 Å². The molecule has 1 atom stereocenters. The van der Waals surface area contributed by atoms with Gasteiger partial charge in [-0.1, -0.05) is 5.16 Å². The Morgan fingerprint density at radius 1 is 1.27 bits per heavy atom. The molecule has 134 valence electrons. The van der Waals surface area contributed by atoms with Crippen molar-refractivity contribution >= 4 is 22.8 Å². The number of hydrogen-bond acceptors (Lipinski definition) is 6. The number of nitrogens with zero attached hydrogens (tertiary/aromatic N) is 5. The van der Waals surface area contributed by atoms with E-state index in [1.807, 2.05) is 6.92 Å². The van der Waals surface area contributed by atoms with Gasteiger partial charge in [-0.3, -0.25) is 14.7 Å². The lowest BCUT2D eigenvalue weighted by Crippen LogP contribution is -2.55. The lowest BCUT2D eigenvalue weighted by molar-refractivity contribution is 0.0392. The van der Waals surface area contributed by atoms with E-state index >= 15 is 0 Å². The van der Waals surface area contributed by atoms with Crippen LogP contribution in [0.25, 0.3) is 11.0 Å². The molecule has 3 aromatic rings. The van der Waals surface area contributed by atoms with Crippen molar-refractivity contribution in [3.8, 4) is 0 Å². The van der Waals surface area contributed by atoms with Gasteiger partial charge in [0.25, 0.3) is 11.8 Å². The zero-order chi connectivity index (χ0) is 18.3. The molecule has 1 fully saturated rings. The molecule has 1 N–H and O–H groups in total. The molecule has 9 nitrogen and oxygen atoms in total. The first-order valence-electron chi connectivity index (χ1n) is 8.36. The summed E-state index contributed by atoms with van der Waals surface area (Å²) in [4.78, 5) is 33.1. The van der Waals surface area contributed by atoms with Crippen LogP contribution in [0.15, 0.2) is 28.9 Å². The topological polar surface area (TPSA) is 108 Å². The van der Waals surface area contributed by atoms with Gasteiger partial charge in [-0.15, -0.1) is 0 Å². The Morgan fingerprint density at radius 2 is 2.12 bits per heavy atom. The van der Waals surface area contributed by atoms with Gasteiger partial charge in [-0.2, -0.15) is 5.10 Å². The second-order valence-electron chi connectivity index (χ2n) is 6.43. The average Bonchev–Trinajstić information content (AvgIpc) is 3.28. The van der Waals surface area contributed by atoms with Gasteiger partial charge in [0.2, 0.25) is 5.76 Å². The summed E-state index contributed by atoms with van der Waals surface area (Å²) in [5.74, 6) is -0.132. The number of fused-ring (bicyclic) bond motifs is 1. The molecular weight excluding hydrogens is 336 g/mol. The number of rotatable bonds is 2. The highest BCUT2D eigenvalue weighted by atomic mass is 16.5. The monoisotopic (exact) mass is 354 g/mol. The maximum absolute atomic E-state index is 12.8. The number of piperazine rings is 1. The molecule has 4 heterocycles. The number of aromatic nitrogens is 4. The molecule has 1 saturated heterocycles. The minimum atomic E-state index is -0.206. The van der Waals surface area contributed by atoms with Gasteiger partial charge in [-0.25, -0.2) is 4.98 Å². The third kappa shape index (κ3) is 2.81. The molecule has 0 unspecified atom stereocenters. The van der Waals surface area contributed by atoms with Crippen LogP contribution >= 0.6 is 0 Å². The van der Waals surface area contributed by atoms with Crippen LogP contribution in [0.4, 0.5) is 0 Å². The second-order valence-corrected chi connectivity index (χ2v) is 6.43. The predicted molar refractivity (Wildman–Crippen MR) is 91.5 cm³/mol. The van der Waals surface area contributed by atoms with E-state index in [-0.39, 0.29) is 23.6 Å². The van der Waals surface area contributed by atoms with Crippen LogP contribution in [-0.2, 0) is 0 Å². The number of pyridine rings is 1. The third-order valence-corrected chi connectivity index (χ3v) is 4.53. The van der Waals surface area contributed by atoms with Crippen molar-refractivity contribution in [3.05, 3.63) is 41.5 Å². The summed E-state index contributed by atoms with van der Waals surface area (Å²) in [6.07, 6.45) is 1.59. The van der Waals surface area contributed by atoms with Crippen LogP contribution < -0.4 is 0 Å². The van der Waals surface area contributed by atoms with Gasteiger partial charge in [-0.05, 0) is 26.0 Å². The minimum Gasteiger partial charge on any atom is -0.351 e. The number of amides is 2. The summed E-state index contributed by atoms with van der Waals surface area (Å²) in [5.41, 5.74) is 2.47. The van der Waals surface area contributed by atoms with E-state index < -0.39 is 0 Å². The van der Waals surface area contributed by atoms with Gasteiger partial charge in [0.15, 0.2) is 0 Å². The number of hydrogen-bond donors (Lipinski definition) is 1. The van der Waals surface area contributed by atoms with E-state index in [1.165, 1.54) is 0 Å². The van der Waals surface area contributed by atoms with Crippen LogP contribution in [0.2, 0.25) is 0 Å². The Labute approximate surface area is 149 Å². The Balaban J connectivity index is 1.47. The van der Waals surface area contributed by atoms with Crippen LogP contribution in [-0.4, -0.2) is 67.6 Å². The van der Waals surface area contributed by atoms with Crippen molar-refractivity contribution in [2.45, 2.75) is 19.9 Å². The van der Waals surface area contributed by atoms with E-state index in [4.69, 9.17) is 4.52 Å². The maximum Gasteiger partial charge on any atom is 0.292 e. The zero-order valence-electron chi connectivity index (χ0n) is 14.5. The molecule has 0 aliphatic carbocycles. The summed E-state index contributed by atoms with van der Waals surface area (Å²) in [5, 5.41) is 10.5. The molecule has 3 aromatic heterocycles. The number of carbonyl (C=O) groups excluding carboxylic acids is 2. The molecule has 0 saturated carbocycles. The number of aromatic amines is 1. The van der Waals surface area contributed by atoms with E-state index in [0.29, 0.717) is 36.5 Å². The molecule has 1 aliphatic rings. The Hall–Kier alpha value is -3.23. The Bertz CT molecular complexity index is 978. The fourth-order valence-corrected chi connectivity index (χ4v) is 3.16. The lowest BCUT2D eigenvalue weighted by Gasteiger charge is -2.39. The van der Waals surface area contributed by atoms with Crippen molar-refractivity contribution in [2.75, 3.05) is 19.6 Å². The minimum absolute atomic E-state index is 0.133. The van der Waals surface area contributed by atoms with Crippen molar-refractivity contribution < 1.29 is 14.1 Å². The van der Waals surface area contributed by atoms with Crippen molar-refractivity contribution in [3.63, 3.8) is 0 Å². The molecule has 0 aromatic carbocycles. The summed E-state index contributed by atoms with van der Waals surface area (Å²) < 4.78 is 5.05. The highest BCUT2D eigenvalue weighted by molar-refractivity contribution is 5.95. The molecule has 1 aliphatic heterocycles. The van der Waals surface area contributed by atoms with Crippen molar-refractivity contribution in [1.29, 1.82) is 0 Å². The smallest absolute Gasteiger partial charge is 0.292 e. The van der Waals surface area contributed by atoms with E-state index in [0.717, 1.165) is 5.52 Å². The van der Waals surface area contributed by atoms with Crippen molar-refractivity contribution in [2.24, 2.45) is 0 Å². The number of nitrogens with one attached hydrogen (secondary N) is 1. The summed E-state index contributed by atoms with van der Waals surface area (Å²) >= 11 is 0. The zero-order valence-corrected chi connectivity index (χ0v) is 14.5. The fourth-order valence-electron chi connectivity index (χ4n) is 3.16. The molecular formula is C17H18N6O3. The van der Waals surface area contributed by atoms with Gasteiger partial charge in [0, 0.05) is 31.7 Å². The molecule has 0 radical (unpaired) electrons.